The minimum Gasteiger partial charge on any atom is -0.493 e. The van der Waals surface area contributed by atoms with E-state index in [4.69, 9.17) is 4.74 Å². The topological polar surface area (TPSA) is 68.1 Å². The van der Waals surface area contributed by atoms with Crippen LogP contribution in [0.4, 0.5) is 0 Å². The number of nitrogens with zero attached hydrogens (tertiary/aromatic N) is 1. The van der Waals surface area contributed by atoms with E-state index in [0.29, 0.717) is 6.61 Å². The number of methoxy groups -OCH3 is 1. The Labute approximate surface area is 85.8 Å². The molecule has 0 aromatic rings. The van der Waals surface area contributed by atoms with Gasteiger partial charge in [-0.15, -0.1) is 0 Å². The summed E-state index contributed by atoms with van der Waals surface area (Å²) < 4.78 is 9.62. The highest BCUT2D eigenvalue weighted by molar-refractivity contribution is 8.14. The predicted octanol–water partition coefficient (Wildman–Crippen LogP) is 1.07. The molecule has 0 saturated carbocycles. The highest BCUT2D eigenvalue weighted by Gasteiger charge is 2.25. The summed E-state index contributed by atoms with van der Waals surface area (Å²) >= 11 is 1.11. The van der Waals surface area contributed by atoms with Crippen molar-refractivity contribution in [1.82, 2.24) is 0 Å². The van der Waals surface area contributed by atoms with Gasteiger partial charge in [0.15, 0.2) is 0 Å². The van der Waals surface area contributed by atoms with Crippen molar-refractivity contribution < 1.29 is 19.4 Å². The van der Waals surface area contributed by atoms with Gasteiger partial charge in [0.1, 0.15) is 5.25 Å². The summed E-state index contributed by atoms with van der Waals surface area (Å²) in [5.74, 6) is -0.656. The van der Waals surface area contributed by atoms with Crippen molar-refractivity contribution in [3.05, 3.63) is 12.0 Å². The second-order valence-electron chi connectivity index (χ2n) is 2.40. The third-order valence-electron chi connectivity index (χ3n) is 1.44. The first-order valence-corrected chi connectivity index (χ1v) is 4.92. The number of rotatable bonds is 2. The van der Waals surface area contributed by atoms with E-state index < -0.39 is 11.2 Å². The molecule has 1 rings (SSSR count). The van der Waals surface area contributed by atoms with Crippen molar-refractivity contribution in [2.24, 2.45) is 4.99 Å². The lowest BCUT2D eigenvalue weighted by Gasteiger charge is -2.15. The van der Waals surface area contributed by atoms with Gasteiger partial charge in [-0.05, 0) is 18.7 Å². The monoisotopic (exact) mass is 217 g/mol. The molecule has 0 radical (unpaired) electrons. The summed E-state index contributed by atoms with van der Waals surface area (Å²) in [4.78, 5) is 14.9. The molecule has 0 unspecified atom stereocenters. The smallest absolute Gasteiger partial charge is 0.323 e. The summed E-state index contributed by atoms with van der Waals surface area (Å²) in [5, 5.41) is 8.89. The lowest BCUT2D eigenvalue weighted by atomic mass is 10.4. The van der Waals surface area contributed by atoms with Crippen molar-refractivity contribution in [3.63, 3.8) is 0 Å². The summed E-state index contributed by atoms with van der Waals surface area (Å²) in [5.41, 5.74) is 0. The van der Waals surface area contributed by atoms with Gasteiger partial charge >= 0.3 is 5.97 Å². The van der Waals surface area contributed by atoms with Gasteiger partial charge in [-0.1, -0.05) is 0 Å². The Kier molecular flexibility index (Phi) is 3.82. The molecule has 1 aliphatic heterocycles. The number of thioether (sulfide) groups is 1. The molecule has 1 atom stereocenters. The maximum Gasteiger partial charge on any atom is 0.323 e. The minimum atomic E-state index is -0.584. The van der Waals surface area contributed by atoms with Gasteiger partial charge in [0.05, 0.1) is 13.7 Å². The molecule has 0 bridgehead atoms. The maximum atomic E-state index is 11.2. The van der Waals surface area contributed by atoms with Gasteiger partial charge in [0, 0.05) is 6.08 Å². The Morgan fingerprint density at radius 2 is 2.50 bits per heavy atom. The molecule has 0 aromatic heterocycles. The number of aliphatic imine (C=N–C) groups is 1. The molecule has 0 spiro atoms. The molecule has 0 aliphatic carbocycles. The molecule has 5 nitrogen and oxygen atoms in total. The lowest BCUT2D eigenvalue weighted by molar-refractivity contribution is -0.139. The Bertz CT molecular complexity index is 287. The molecule has 1 heterocycles. The average Bonchev–Trinajstić information content (AvgIpc) is 2.16. The van der Waals surface area contributed by atoms with E-state index >= 15 is 0 Å². The van der Waals surface area contributed by atoms with Crippen molar-refractivity contribution in [2.75, 3.05) is 13.7 Å². The predicted molar refractivity (Wildman–Crippen MR) is 53.2 cm³/mol. The summed E-state index contributed by atoms with van der Waals surface area (Å²) in [6.45, 7) is 2.23. The second kappa shape index (κ2) is 4.90. The summed E-state index contributed by atoms with van der Waals surface area (Å²) in [6, 6.07) is 0. The molecule has 78 valence electrons. The van der Waals surface area contributed by atoms with Crippen molar-refractivity contribution in [3.8, 4) is 0 Å². The third-order valence-corrected chi connectivity index (χ3v) is 2.43. The Hall–Kier alpha value is -1.17. The molecular weight excluding hydrogens is 206 g/mol. The molecule has 6 heteroatoms. The van der Waals surface area contributed by atoms with Crippen molar-refractivity contribution in [2.45, 2.75) is 12.2 Å². The van der Waals surface area contributed by atoms with Gasteiger partial charge in [0.25, 0.3) is 5.23 Å². The number of carbonyl (C=O) groups excluding carboxylic acids is 1. The maximum absolute atomic E-state index is 11.2. The van der Waals surface area contributed by atoms with Crippen molar-refractivity contribution >= 4 is 23.0 Å². The fourth-order valence-corrected chi connectivity index (χ4v) is 1.79. The highest BCUT2D eigenvalue weighted by Crippen LogP contribution is 2.23. The van der Waals surface area contributed by atoms with E-state index in [0.717, 1.165) is 11.8 Å². The Balaban J connectivity index is 2.70. The van der Waals surface area contributed by atoms with Gasteiger partial charge in [0.2, 0.25) is 5.88 Å². The van der Waals surface area contributed by atoms with Crippen LogP contribution in [-0.2, 0) is 14.3 Å². The SMILES string of the molecule is CCOC1=NC(O)=C[C@@H](C(=O)OC)S1. The van der Waals surface area contributed by atoms with Crippen LogP contribution in [0.3, 0.4) is 0 Å². The van der Waals surface area contributed by atoms with Crippen LogP contribution in [0.2, 0.25) is 0 Å². The summed E-state index contributed by atoms with van der Waals surface area (Å²) in [7, 11) is 1.29. The normalized spacial score (nSPS) is 20.9. The number of hydrogen-bond donors (Lipinski definition) is 1. The van der Waals surface area contributed by atoms with Crippen LogP contribution in [0, 0.1) is 0 Å². The zero-order valence-corrected chi connectivity index (χ0v) is 8.71. The Morgan fingerprint density at radius 1 is 1.79 bits per heavy atom. The number of esters is 1. The van der Waals surface area contributed by atoms with Gasteiger partial charge in [-0.2, -0.15) is 4.99 Å². The highest BCUT2D eigenvalue weighted by atomic mass is 32.2. The Morgan fingerprint density at radius 3 is 3.07 bits per heavy atom. The van der Waals surface area contributed by atoms with E-state index in [9.17, 15) is 9.90 Å². The van der Waals surface area contributed by atoms with E-state index in [2.05, 4.69) is 9.73 Å². The van der Waals surface area contributed by atoms with E-state index in [1.807, 2.05) is 0 Å². The molecular formula is C8H11NO4S. The molecule has 14 heavy (non-hydrogen) atoms. The van der Waals surface area contributed by atoms with Crippen LogP contribution < -0.4 is 0 Å². The number of hydrogen-bond acceptors (Lipinski definition) is 6. The molecule has 0 fully saturated rings. The quantitative estimate of drug-likeness (QED) is 0.700. The van der Waals surface area contributed by atoms with Crippen LogP contribution in [0.5, 0.6) is 0 Å². The van der Waals surface area contributed by atoms with Crippen molar-refractivity contribution in [1.29, 1.82) is 0 Å². The summed E-state index contributed by atoms with van der Waals surface area (Å²) in [6.07, 6.45) is 1.32. The molecule has 0 saturated heterocycles. The first-order valence-electron chi connectivity index (χ1n) is 4.04. The van der Waals surface area contributed by atoms with Gasteiger partial charge < -0.3 is 14.6 Å². The van der Waals surface area contributed by atoms with Crippen LogP contribution in [0.1, 0.15) is 6.92 Å². The minimum absolute atomic E-state index is 0.220. The van der Waals surface area contributed by atoms with Crippen LogP contribution in [0.25, 0.3) is 0 Å². The number of ether oxygens (including phenoxy) is 2. The third kappa shape index (κ3) is 2.66. The lowest BCUT2D eigenvalue weighted by Crippen LogP contribution is -2.22. The largest absolute Gasteiger partial charge is 0.493 e. The first kappa shape index (κ1) is 10.9. The number of aliphatic hydroxyl groups is 1. The van der Waals surface area contributed by atoms with Crippen LogP contribution in [-0.4, -0.2) is 35.3 Å². The van der Waals surface area contributed by atoms with E-state index in [-0.39, 0.29) is 11.1 Å². The van der Waals surface area contributed by atoms with Crippen LogP contribution in [0.15, 0.2) is 17.0 Å². The second-order valence-corrected chi connectivity index (χ2v) is 3.49. The fourth-order valence-electron chi connectivity index (χ4n) is 0.857. The standard InChI is InChI=1S/C8H11NO4S/c1-3-13-8-9-6(10)4-5(14-8)7(11)12-2/h4-5,10H,3H2,1-2H3/t5-/m0/s1. The fraction of sp³-hybridized carbons (Fsp3) is 0.500. The molecule has 1 aliphatic rings. The first-order chi connectivity index (χ1) is 6.67. The number of carbonyl (C=O) groups is 1. The molecule has 0 amide bonds. The zero-order valence-electron chi connectivity index (χ0n) is 7.89. The zero-order chi connectivity index (χ0) is 10.6. The molecule has 1 N–H and O–H groups in total. The van der Waals surface area contributed by atoms with Gasteiger partial charge in [-0.25, -0.2) is 0 Å². The van der Waals surface area contributed by atoms with Crippen LogP contribution >= 0.6 is 11.8 Å². The average molecular weight is 217 g/mol. The van der Waals surface area contributed by atoms with E-state index in [1.54, 1.807) is 6.92 Å². The molecule has 0 aromatic carbocycles. The van der Waals surface area contributed by atoms with Gasteiger partial charge in [-0.3, -0.25) is 4.79 Å². The number of aliphatic hydroxyl groups excluding tert-OH is 1. The van der Waals surface area contributed by atoms with E-state index in [1.165, 1.54) is 13.2 Å².